The molecule has 0 aliphatic heterocycles. The quantitative estimate of drug-likeness (QED) is 0.554. The summed E-state index contributed by atoms with van der Waals surface area (Å²) in [4.78, 5) is 20.0. The van der Waals surface area contributed by atoms with Crippen molar-refractivity contribution in [2.75, 3.05) is 0 Å². The lowest BCUT2D eigenvalue weighted by atomic mass is 10.1. The summed E-state index contributed by atoms with van der Waals surface area (Å²) in [7, 11) is 0. The summed E-state index contributed by atoms with van der Waals surface area (Å²) in [5.41, 5.74) is -0.558. The number of hydrogen-bond acceptors (Lipinski definition) is 4. The van der Waals surface area contributed by atoms with Crippen LogP contribution >= 0.6 is 0 Å². The molecule has 1 aromatic rings. The summed E-state index contributed by atoms with van der Waals surface area (Å²) < 4.78 is 0. The van der Waals surface area contributed by atoms with Crippen LogP contribution in [0.3, 0.4) is 0 Å². The zero-order chi connectivity index (χ0) is 10.7. The van der Waals surface area contributed by atoms with Gasteiger partial charge in [-0.3, -0.25) is 14.9 Å². The highest BCUT2D eigenvalue weighted by Crippen LogP contribution is 2.29. The van der Waals surface area contributed by atoms with E-state index in [-0.39, 0.29) is 5.56 Å². The van der Waals surface area contributed by atoms with Crippen molar-refractivity contribution < 1.29 is 19.9 Å². The maximum atomic E-state index is 10.5. The van der Waals surface area contributed by atoms with Gasteiger partial charge in [0.05, 0.1) is 11.3 Å². The molecule has 0 amide bonds. The van der Waals surface area contributed by atoms with Gasteiger partial charge < -0.3 is 10.2 Å². The Hall–Kier alpha value is -2.11. The van der Waals surface area contributed by atoms with Crippen molar-refractivity contribution in [3.05, 3.63) is 33.9 Å². The fourth-order valence-electron chi connectivity index (χ4n) is 1.09. The Morgan fingerprint density at radius 2 is 2.14 bits per heavy atom. The van der Waals surface area contributed by atoms with Crippen LogP contribution in [0.15, 0.2) is 18.2 Å². The SMILES string of the molecule is O=C(O)Cc1cccc(O)c1[N+](=O)[O-]. The number of rotatable bonds is 3. The zero-order valence-corrected chi connectivity index (χ0v) is 7.01. The molecule has 74 valence electrons. The first-order chi connectivity index (χ1) is 6.52. The van der Waals surface area contributed by atoms with Crippen LogP contribution < -0.4 is 0 Å². The van der Waals surface area contributed by atoms with E-state index in [0.29, 0.717) is 0 Å². The van der Waals surface area contributed by atoms with Crippen LogP contribution in [0.1, 0.15) is 5.56 Å². The van der Waals surface area contributed by atoms with Crippen LogP contribution in [0.25, 0.3) is 0 Å². The maximum absolute atomic E-state index is 10.5. The highest BCUT2D eigenvalue weighted by Gasteiger charge is 2.20. The van der Waals surface area contributed by atoms with Gasteiger partial charge in [0.1, 0.15) is 0 Å². The van der Waals surface area contributed by atoms with Crippen molar-refractivity contribution in [3.8, 4) is 5.75 Å². The van der Waals surface area contributed by atoms with E-state index in [4.69, 9.17) is 10.2 Å². The average Bonchev–Trinajstić information content (AvgIpc) is 2.01. The molecule has 1 aromatic carbocycles. The number of phenols is 1. The van der Waals surface area contributed by atoms with Crippen LogP contribution in [0, 0.1) is 10.1 Å². The van der Waals surface area contributed by atoms with E-state index in [1.165, 1.54) is 12.1 Å². The van der Waals surface area contributed by atoms with Gasteiger partial charge in [0.25, 0.3) is 0 Å². The van der Waals surface area contributed by atoms with Crippen molar-refractivity contribution in [3.63, 3.8) is 0 Å². The van der Waals surface area contributed by atoms with E-state index in [0.717, 1.165) is 6.07 Å². The predicted octanol–water partition coefficient (Wildman–Crippen LogP) is 0.927. The van der Waals surface area contributed by atoms with Crippen molar-refractivity contribution in [2.24, 2.45) is 0 Å². The fraction of sp³-hybridized carbons (Fsp3) is 0.125. The first kappa shape index (κ1) is 9.97. The second-order valence-corrected chi connectivity index (χ2v) is 2.61. The number of nitrogens with zero attached hydrogens (tertiary/aromatic N) is 1. The molecule has 0 saturated heterocycles. The van der Waals surface area contributed by atoms with E-state index in [1.54, 1.807) is 0 Å². The molecule has 0 aromatic heterocycles. The molecule has 0 aliphatic carbocycles. The smallest absolute Gasteiger partial charge is 0.314 e. The molecule has 0 aliphatic rings. The number of aliphatic carboxylic acids is 1. The molecule has 0 bridgehead atoms. The summed E-state index contributed by atoms with van der Waals surface area (Å²) in [5, 5.41) is 28.1. The summed E-state index contributed by atoms with van der Waals surface area (Å²) >= 11 is 0. The lowest BCUT2D eigenvalue weighted by Gasteiger charge is -2.00. The number of phenolic OH excluding ortho intramolecular Hbond substituents is 1. The van der Waals surface area contributed by atoms with E-state index >= 15 is 0 Å². The molecule has 0 heterocycles. The Bertz CT molecular complexity index is 387. The Balaban J connectivity index is 3.21. The number of benzene rings is 1. The molecular weight excluding hydrogens is 190 g/mol. The standard InChI is InChI=1S/C8H7NO5/c10-6-3-1-2-5(4-7(11)12)8(6)9(13)14/h1-3,10H,4H2,(H,11,12). The van der Waals surface area contributed by atoms with Crippen molar-refractivity contribution in [2.45, 2.75) is 6.42 Å². The molecular formula is C8H7NO5. The Kier molecular flexibility index (Phi) is 2.66. The third-order valence-electron chi connectivity index (χ3n) is 1.62. The Labute approximate surface area is 78.6 Å². The molecule has 6 nitrogen and oxygen atoms in total. The lowest BCUT2D eigenvalue weighted by molar-refractivity contribution is -0.386. The molecule has 14 heavy (non-hydrogen) atoms. The minimum absolute atomic E-state index is 0.0116. The lowest BCUT2D eigenvalue weighted by Crippen LogP contribution is -2.03. The van der Waals surface area contributed by atoms with Crippen LogP contribution in [0.4, 0.5) is 5.69 Å². The van der Waals surface area contributed by atoms with Crippen LogP contribution in [0.2, 0.25) is 0 Å². The first-order valence-corrected chi connectivity index (χ1v) is 3.69. The van der Waals surface area contributed by atoms with Gasteiger partial charge in [-0.05, 0) is 6.07 Å². The molecule has 0 saturated carbocycles. The maximum Gasteiger partial charge on any atom is 0.314 e. The molecule has 0 spiro atoms. The molecule has 0 fully saturated rings. The number of nitro benzene ring substituents is 1. The van der Waals surface area contributed by atoms with Crippen LogP contribution in [0.5, 0.6) is 5.75 Å². The van der Waals surface area contributed by atoms with Gasteiger partial charge in [-0.15, -0.1) is 0 Å². The molecule has 0 radical (unpaired) electrons. The number of hydrogen-bond donors (Lipinski definition) is 2. The number of carboxylic acids is 1. The van der Waals surface area contributed by atoms with Gasteiger partial charge in [-0.1, -0.05) is 12.1 Å². The van der Waals surface area contributed by atoms with E-state index in [2.05, 4.69) is 0 Å². The summed E-state index contributed by atoms with van der Waals surface area (Å²) in [6.45, 7) is 0. The second-order valence-electron chi connectivity index (χ2n) is 2.61. The van der Waals surface area contributed by atoms with Gasteiger partial charge in [-0.25, -0.2) is 0 Å². The van der Waals surface area contributed by atoms with Gasteiger partial charge in [0, 0.05) is 5.56 Å². The van der Waals surface area contributed by atoms with Crippen molar-refractivity contribution >= 4 is 11.7 Å². The third kappa shape index (κ3) is 1.98. The Morgan fingerprint density at radius 1 is 1.50 bits per heavy atom. The molecule has 6 heteroatoms. The van der Waals surface area contributed by atoms with Gasteiger partial charge >= 0.3 is 11.7 Å². The van der Waals surface area contributed by atoms with Gasteiger partial charge in [0.2, 0.25) is 0 Å². The topological polar surface area (TPSA) is 101 Å². The normalized spacial score (nSPS) is 9.71. The third-order valence-corrected chi connectivity index (χ3v) is 1.62. The minimum atomic E-state index is -1.18. The highest BCUT2D eigenvalue weighted by molar-refractivity contribution is 5.73. The number of carbonyl (C=O) groups is 1. The molecule has 2 N–H and O–H groups in total. The molecule has 1 rings (SSSR count). The monoisotopic (exact) mass is 197 g/mol. The first-order valence-electron chi connectivity index (χ1n) is 3.69. The molecule has 0 atom stereocenters. The minimum Gasteiger partial charge on any atom is -0.502 e. The number of nitro groups is 1. The average molecular weight is 197 g/mol. The number of para-hydroxylation sites is 1. The Morgan fingerprint density at radius 3 is 2.64 bits per heavy atom. The highest BCUT2D eigenvalue weighted by atomic mass is 16.6. The summed E-state index contributed by atoms with van der Waals surface area (Å²) in [6.07, 6.45) is -0.481. The largest absolute Gasteiger partial charge is 0.502 e. The fourth-order valence-corrected chi connectivity index (χ4v) is 1.09. The van der Waals surface area contributed by atoms with Gasteiger partial charge in [-0.2, -0.15) is 0 Å². The van der Waals surface area contributed by atoms with E-state index in [1.807, 2.05) is 0 Å². The van der Waals surface area contributed by atoms with E-state index < -0.39 is 28.8 Å². The predicted molar refractivity (Wildman–Crippen MR) is 46.1 cm³/mol. The number of aromatic hydroxyl groups is 1. The van der Waals surface area contributed by atoms with Gasteiger partial charge in [0.15, 0.2) is 5.75 Å². The number of carboxylic acid groups (broad SMARTS) is 1. The zero-order valence-electron chi connectivity index (χ0n) is 7.01. The van der Waals surface area contributed by atoms with Crippen molar-refractivity contribution in [1.29, 1.82) is 0 Å². The van der Waals surface area contributed by atoms with Crippen LogP contribution in [-0.4, -0.2) is 21.1 Å². The van der Waals surface area contributed by atoms with E-state index in [9.17, 15) is 14.9 Å². The summed E-state index contributed by atoms with van der Waals surface area (Å²) in [5.74, 6) is -1.70. The molecule has 0 unspecified atom stereocenters. The van der Waals surface area contributed by atoms with Crippen LogP contribution in [-0.2, 0) is 11.2 Å². The van der Waals surface area contributed by atoms with Crippen molar-refractivity contribution in [1.82, 2.24) is 0 Å². The second kappa shape index (κ2) is 3.73. The summed E-state index contributed by atoms with van der Waals surface area (Å²) in [6, 6.07) is 3.80.